The molecule has 0 saturated carbocycles. The second-order valence-electron chi connectivity index (χ2n) is 6.90. The number of hydrogen-bond acceptors (Lipinski definition) is 5. The number of hydrogen-bond donors (Lipinski definition) is 1. The third-order valence-corrected chi connectivity index (χ3v) is 5.64. The minimum atomic E-state index is 0.0194. The summed E-state index contributed by atoms with van der Waals surface area (Å²) in [6.07, 6.45) is 1.63. The van der Waals surface area contributed by atoms with Gasteiger partial charge in [0, 0.05) is 16.0 Å². The lowest BCUT2D eigenvalue weighted by Gasteiger charge is -2.30. The summed E-state index contributed by atoms with van der Waals surface area (Å²) in [6.45, 7) is 2.27. The number of aromatic nitrogens is 2. The lowest BCUT2D eigenvalue weighted by molar-refractivity contribution is -0.121. The van der Waals surface area contributed by atoms with Gasteiger partial charge in [-0.1, -0.05) is 47.6 Å². The van der Waals surface area contributed by atoms with Crippen molar-refractivity contribution in [2.24, 2.45) is 5.92 Å². The summed E-state index contributed by atoms with van der Waals surface area (Å²) >= 11 is 3.47. The minimum absolute atomic E-state index is 0.0194. The molecule has 1 aliphatic rings. The molecule has 144 valence electrons. The van der Waals surface area contributed by atoms with E-state index in [1.165, 1.54) is 0 Å². The number of para-hydroxylation sites is 1. The van der Waals surface area contributed by atoms with Crippen LogP contribution in [0.4, 0.5) is 5.69 Å². The molecule has 0 radical (unpaired) electrons. The number of nitrogens with zero attached hydrogens (tertiary/aromatic N) is 3. The molecular formula is C21H21BrN4O2. The summed E-state index contributed by atoms with van der Waals surface area (Å²) in [5, 5.41) is 7.09. The van der Waals surface area contributed by atoms with Gasteiger partial charge in [0.15, 0.2) is 0 Å². The van der Waals surface area contributed by atoms with E-state index >= 15 is 0 Å². The molecule has 1 saturated heterocycles. The first-order valence-electron chi connectivity index (χ1n) is 9.35. The van der Waals surface area contributed by atoms with E-state index in [1.807, 2.05) is 54.6 Å². The zero-order valence-electron chi connectivity index (χ0n) is 15.3. The van der Waals surface area contributed by atoms with Crippen LogP contribution in [0.2, 0.25) is 0 Å². The average molecular weight is 441 g/mol. The molecule has 2 aromatic carbocycles. The summed E-state index contributed by atoms with van der Waals surface area (Å²) in [5.74, 6) is 1.31. The summed E-state index contributed by atoms with van der Waals surface area (Å²) in [6, 6.07) is 17.5. The Morgan fingerprint density at radius 3 is 2.57 bits per heavy atom. The van der Waals surface area contributed by atoms with Crippen LogP contribution in [0.15, 0.2) is 63.6 Å². The molecule has 0 aliphatic carbocycles. The van der Waals surface area contributed by atoms with E-state index < -0.39 is 0 Å². The summed E-state index contributed by atoms with van der Waals surface area (Å²) < 4.78 is 6.30. The number of rotatable bonds is 5. The fourth-order valence-corrected chi connectivity index (χ4v) is 3.75. The van der Waals surface area contributed by atoms with Gasteiger partial charge in [-0.15, -0.1) is 0 Å². The number of likely N-dealkylation sites (tertiary alicyclic amines) is 1. The highest BCUT2D eigenvalue weighted by Gasteiger charge is 2.26. The van der Waals surface area contributed by atoms with Crippen molar-refractivity contribution in [2.75, 3.05) is 18.4 Å². The Hall–Kier alpha value is -2.51. The molecule has 1 aliphatic heterocycles. The third-order valence-electron chi connectivity index (χ3n) is 4.95. The van der Waals surface area contributed by atoms with Crippen LogP contribution < -0.4 is 5.32 Å². The van der Waals surface area contributed by atoms with E-state index in [4.69, 9.17) is 4.52 Å². The highest BCUT2D eigenvalue weighted by molar-refractivity contribution is 9.10. The largest absolute Gasteiger partial charge is 0.338 e. The molecule has 0 bridgehead atoms. The van der Waals surface area contributed by atoms with Crippen molar-refractivity contribution < 1.29 is 9.32 Å². The van der Waals surface area contributed by atoms with Crippen LogP contribution in [-0.2, 0) is 11.3 Å². The predicted molar refractivity (Wildman–Crippen MR) is 111 cm³/mol. The van der Waals surface area contributed by atoms with E-state index in [0.29, 0.717) is 18.3 Å². The molecular weight excluding hydrogens is 420 g/mol. The maximum Gasteiger partial charge on any atom is 0.241 e. The van der Waals surface area contributed by atoms with E-state index in [9.17, 15) is 4.79 Å². The molecule has 1 amide bonds. The lowest BCUT2D eigenvalue weighted by Crippen LogP contribution is -2.37. The molecule has 28 heavy (non-hydrogen) atoms. The topological polar surface area (TPSA) is 71.3 Å². The lowest BCUT2D eigenvalue weighted by atomic mass is 9.96. The Morgan fingerprint density at radius 2 is 1.82 bits per heavy atom. The van der Waals surface area contributed by atoms with Crippen LogP contribution in [0.3, 0.4) is 0 Å². The van der Waals surface area contributed by atoms with Crippen LogP contribution in [0.1, 0.15) is 18.7 Å². The fraction of sp³-hybridized carbons (Fsp3) is 0.286. The van der Waals surface area contributed by atoms with Gasteiger partial charge in [-0.2, -0.15) is 4.98 Å². The number of nitrogens with one attached hydrogen (secondary N) is 1. The predicted octanol–water partition coefficient (Wildman–Crippen LogP) is 4.35. The molecule has 2 heterocycles. The van der Waals surface area contributed by atoms with Crippen molar-refractivity contribution >= 4 is 27.5 Å². The summed E-state index contributed by atoms with van der Waals surface area (Å²) in [4.78, 5) is 19.3. The van der Waals surface area contributed by atoms with Gasteiger partial charge in [-0.25, -0.2) is 0 Å². The third kappa shape index (κ3) is 4.48. The standard InChI is InChI=1S/C21H21BrN4O2/c22-17-8-4-5-9-18(17)23-21(27)16-10-12-26(13-11-16)14-19-24-20(25-28-19)15-6-2-1-3-7-15/h1-9,16H,10-14H2,(H,23,27). The zero-order valence-corrected chi connectivity index (χ0v) is 16.9. The van der Waals surface area contributed by atoms with Crippen LogP contribution in [-0.4, -0.2) is 34.0 Å². The molecule has 1 N–H and O–H groups in total. The molecule has 1 aromatic heterocycles. The van der Waals surface area contributed by atoms with Gasteiger partial charge >= 0.3 is 0 Å². The minimum Gasteiger partial charge on any atom is -0.338 e. The van der Waals surface area contributed by atoms with Crippen molar-refractivity contribution in [3.63, 3.8) is 0 Å². The second kappa shape index (κ2) is 8.67. The number of anilines is 1. The van der Waals surface area contributed by atoms with Crippen LogP contribution in [0.25, 0.3) is 11.4 Å². The number of carbonyl (C=O) groups is 1. The van der Waals surface area contributed by atoms with Gasteiger partial charge in [0.25, 0.3) is 0 Å². The summed E-state index contributed by atoms with van der Waals surface area (Å²) in [7, 11) is 0. The quantitative estimate of drug-likeness (QED) is 0.638. The highest BCUT2D eigenvalue weighted by atomic mass is 79.9. The van der Waals surface area contributed by atoms with Gasteiger partial charge in [0.2, 0.25) is 17.6 Å². The molecule has 3 aromatic rings. The Bertz CT molecular complexity index is 936. The van der Waals surface area contributed by atoms with Crippen molar-refractivity contribution in [2.45, 2.75) is 19.4 Å². The smallest absolute Gasteiger partial charge is 0.241 e. The Labute approximate surface area is 172 Å². The van der Waals surface area contributed by atoms with E-state index in [0.717, 1.165) is 41.7 Å². The van der Waals surface area contributed by atoms with Gasteiger partial charge < -0.3 is 9.84 Å². The first kappa shape index (κ1) is 18.8. The molecule has 0 unspecified atom stereocenters. The van der Waals surface area contributed by atoms with E-state index in [-0.39, 0.29) is 11.8 Å². The van der Waals surface area contributed by atoms with Gasteiger partial charge in [-0.3, -0.25) is 9.69 Å². The average Bonchev–Trinajstić information content (AvgIpc) is 3.19. The molecule has 1 fully saturated rings. The van der Waals surface area contributed by atoms with E-state index in [1.54, 1.807) is 0 Å². The fourth-order valence-electron chi connectivity index (χ4n) is 3.37. The number of piperidine rings is 1. The van der Waals surface area contributed by atoms with Crippen LogP contribution in [0.5, 0.6) is 0 Å². The molecule has 0 spiro atoms. The van der Waals surface area contributed by atoms with Crippen LogP contribution >= 0.6 is 15.9 Å². The monoisotopic (exact) mass is 440 g/mol. The molecule has 0 atom stereocenters. The number of amides is 1. The molecule has 4 rings (SSSR count). The van der Waals surface area contributed by atoms with Crippen molar-refractivity contribution in [3.05, 3.63) is 65.0 Å². The second-order valence-corrected chi connectivity index (χ2v) is 7.75. The maximum absolute atomic E-state index is 12.6. The SMILES string of the molecule is O=C(Nc1ccccc1Br)C1CCN(Cc2nc(-c3ccccc3)no2)CC1. The first-order chi connectivity index (χ1) is 13.7. The van der Waals surface area contributed by atoms with Crippen molar-refractivity contribution in [3.8, 4) is 11.4 Å². The summed E-state index contributed by atoms with van der Waals surface area (Å²) in [5.41, 5.74) is 1.76. The van der Waals surface area contributed by atoms with Gasteiger partial charge in [-0.05, 0) is 54.0 Å². The normalized spacial score (nSPS) is 15.5. The number of benzene rings is 2. The van der Waals surface area contributed by atoms with E-state index in [2.05, 4.69) is 36.3 Å². The van der Waals surface area contributed by atoms with Gasteiger partial charge in [0.05, 0.1) is 12.2 Å². The van der Waals surface area contributed by atoms with Crippen molar-refractivity contribution in [1.29, 1.82) is 0 Å². The molecule has 6 nitrogen and oxygen atoms in total. The zero-order chi connectivity index (χ0) is 19.3. The van der Waals surface area contributed by atoms with Crippen LogP contribution in [0, 0.1) is 5.92 Å². The Kier molecular flexibility index (Phi) is 5.83. The highest BCUT2D eigenvalue weighted by Crippen LogP contribution is 2.25. The Balaban J connectivity index is 1.29. The maximum atomic E-state index is 12.6. The first-order valence-corrected chi connectivity index (χ1v) is 10.1. The Morgan fingerprint density at radius 1 is 1.11 bits per heavy atom. The van der Waals surface area contributed by atoms with Crippen molar-refractivity contribution in [1.82, 2.24) is 15.0 Å². The number of carbonyl (C=O) groups excluding carboxylic acids is 1. The van der Waals surface area contributed by atoms with Gasteiger partial charge in [0.1, 0.15) is 0 Å². The number of halogens is 1. The molecule has 7 heteroatoms.